The third-order valence-electron chi connectivity index (χ3n) is 3.92. The predicted molar refractivity (Wildman–Crippen MR) is 77.5 cm³/mol. The average Bonchev–Trinajstić information content (AvgIpc) is 2.49. The summed E-state index contributed by atoms with van der Waals surface area (Å²) >= 11 is 0. The van der Waals surface area contributed by atoms with Crippen molar-refractivity contribution in [2.45, 2.75) is 37.8 Å². The SMILES string of the molecule is O=C(NC1CCC(O)CC1)c1cccc2ncccc12. The van der Waals surface area contributed by atoms with Crippen LogP contribution in [-0.2, 0) is 0 Å². The van der Waals surface area contributed by atoms with Gasteiger partial charge in [0, 0.05) is 23.2 Å². The van der Waals surface area contributed by atoms with Gasteiger partial charge in [-0.05, 0) is 43.9 Å². The summed E-state index contributed by atoms with van der Waals surface area (Å²) in [6.07, 6.45) is 4.74. The molecule has 1 amide bonds. The first-order valence-corrected chi connectivity index (χ1v) is 7.07. The number of hydrogen-bond donors (Lipinski definition) is 2. The molecule has 3 rings (SSSR count). The maximum absolute atomic E-state index is 12.4. The van der Waals surface area contributed by atoms with Crippen molar-refractivity contribution in [1.29, 1.82) is 0 Å². The highest BCUT2D eigenvalue weighted by atomic mass is 16.3. The smallest absolute Gasteiger partial charge is 0.252 e. The largest absolute Gasteiger partial charge is 0.393 e. The minimum absolute atomic E-state index is 0.0509. The molecule has 1 aromatic carbocycles. The van der Waals surface area contributed by atoms with Gasteiger partial charge in [0.1, 0.15) is 0 Å². The number of nitrogens with one attached hydrogen (secondary N) is 1. The Bertz CT molecular complexity index is 613. The topological polar surface area (TPSA) is 62.2 Å². The number of aliphatic hydroxyl groups is 1. The molecule has 104 valence electrons. The van der Waals surface area contributed by atoms with E-state index in [-0.39, 0.29) is 18.1 Å². The van der Waals surface area contributed by atoms with E-state index >= 15 is 0 Å². The van der Waals surface area contributed by atoms with Crippen LogP contribution in [-0.4, -0.2) is 28.1 Å². The van der Waals surface area contributed by atoms with Gasteiger partial charge in [-0.15, -0.1) is 0 Å². The van der Waals surface area contributed by atoms with E-state index in [1.807, 2.05) is 30.3 Å². The molecule has 1 saturated carbocycles. The van der Waals surface area contributed by atoms with Gasteiger partial charge in [0.25, 0.3) is 5.91 Å². The minimum Gasteiger partial charge on any atom is -0.393 e. The molecule has 4 heteroatoms. The summed E-state index contributed by atoms with van der Waals surface area (Å²) in [7, 11) is 0. The van der Waals surface area contributed by atoms with Crippen LogP contribution in [0, 0.1) is 0 Å². The van der Waals surface area contributed by atoms with Gasteiger partial charge in [-0.25, -0.2) is 0 Å². The summed E-state index contributed by atoms with van der Waals surface area (Å²) < 4.78 is 0. The number of benzene rings is 1. The molecule has 0 spiro atoms. The zero-order valence-corrected chi connectivity index (χ0v) is 11.2. The first-order valence-electron chi connectivity index (χ1n) is 7.07. The van der Waals surface area contributed by atoms with E-state index in [1.54, 1.807) is 6.20 Å². The lowest BCUT2D eigenvalue weighted by molar-refractivity contribution is 0.0869. The van der Waals surface area contributed by atoms with E-state index in [1.165, 1.54) is 0 Å². The molecule has 1 aliphatic rings. The van der Waals surface area contributed by atoms with Crippen LogP contribution in [0.4, 0.5) is 0 Å². The highest BCUT2D eigenvalue weighted by molar-refractivity contribution is 6.06. The van der Waals surface area contributed by atoms with Gasteiger partial charge in [-0.1, -0.05) is 12.1 Å². The standard InChI is InChI=1S/C16H18N2O2/c19-12-8-6-11(7-9-12)18-16(20)14-3-1-5-15-13(14)4-2-10-17-15/h1-5,10-12,19H,6-9H2,(H,18,20). The van der Waals surface area contributed by atoms with Gasteiger partial charge in [-0.2, -0.15) is 0 Å². The Morgan fingerprint density at radius 3 is 2.75 bits per heavy atom. The van der Waals surface area contributed by atoms with Crippen LogP contribution in [0.5, 0.6) is 0 Å². The highest BCUT2D eigenvalue weighted by Crippen LogP contribution is 2.20. The molecule has 4 nitrogen and oxygen atoms in total. The van der Waals surface area contributed by atoms with Crippen LogP contribution < -0.4 is 5.32 Å². The number of carbonyl (C=O) groups is 1. The quantitative estimate of drug-likeness (QED) is 0.880. The fourth-order valence-electron chi connectivity index (χ4n) is 2.78. The summed E-state index contributed by atoms with van der Waals surface area (Å²) in [5.41, 5.74) is 1.50. The van der Waals surface area contributed by atoms with Crippen LogP contribution in [0.25, 0.3) is 10.9 Å². The molecule has 1 fully saturated rings. The van der Waals surface area contributed by atoms with Crippen molar-refractivity contribution in [3.8, 4) is 0 Å². The Morgan fingerprint density at radius 1 is 1.15 bits per heavy atom. The van der Waals surface area contributed by atoms with Crippen molar-refractivity contribution >= 4 is 16.8 Å². The van der Waals surface area contributed by atoms with Crippen molar-refractivity contribution in [2.24, 2.45) is 0 Å². The second-order valence-electron chi connectivity index (χ2n) is 5.35. The lowest BCUT2D eigenvalue weighted by atomic mass is 9.93. The molecule has 0 radical (unpaired) electrons. The van der Waals surface area contributed by atoms with Gasteiger partial charge in [0.05, 0.1) is 11.6 Å². The first-order chi connectivity index (χ1) is 9.74. The van der Waals surface area contributed by atoms with Gasteiger partial charge >= 0.3 is 0 Å². The van der Waals surface area contributed by atoms with Gasteiger partial charge in [0.2, 0.25) is 0 Å². The zero-order valence-electron chi connectivity index (χ0n) is 11.2. The van der Waals surface area contributed by atoms with Gasteiger partial charge in [0.15, 0.2) is 0 Å². The molecule has 1 heterocycles. The predicted octanol–water partition coefficient (Wildman–Crippen LogP) is 2.27. The minimum atomic E-state index is -0.204. The van der Waals surface area contributed by atoms with Crippen molar-refractivity contribution < 1.29 is 9.90 Å². The van der Waals surface area contributed by atoms with Crippen LogP contribution in [0.15, 0.2) is 36.5 Å². The number of amides is 1. The van der Waals surface area contributed by atoms with Crippen LogP contribution in [0.1, 0.15) is 36.0 Å². The van der Waals surface area contributed by atoms with Gasteiger partial charge < -0.3 is 10.4 Å². The van der Waals surface area contributed by atoms with Crippen molar-refractivity contribution in [3.63, 3.8) is 0 Å². The van der Waals surface area contributed by atoms with Gasteiger partial charge in [-0.3, -0.25) is 9.78 Å². The Labute approximate surface area is 117 Å². The van der Waals surface area contributed by atoms with Crippen molar-refractivity contribution in [1.82, 2.24) is 10.3 Å². The molecule has 0 aliphatic heterocycles. The Kier molecular flexibility index (Phi) is 3.65. The normalized spacial score (nSPS) is 22.6. The van der Waals surface area contributed by atoms with Crippen molar-refractivity contribution in [3.05, 3.63) is 42.1 Å². The van der Waals surface area contributed by atoms with E-state index in [4.69, 9.17) is 0 Å². The highest BCUT2D eigenvalue weighted by Gasteiger charge is 2.21. The van der Waals surface area contributed by atoms with E-state index < -0.39 is 0 Å². The van der Waals surface area contributed by atoms with Crippen LogP contribution in [0.2, 0.25) is 0 Å². The molecule has 0 saturated heterocycles. The number of aliphatic hydroxyl groups excluding tert-OH is 1. The summed E-state index contributed by atoms with van der Waals surface area (Å²) in [5.74, 6) is -0.0509. The summed E-state index contributed by atoms with van der Waals surface area (Å²) in [5, 5.41) is 13.4. The maximum atomic E-state index is 12.4. The fraction of sp³-hybridized carbons (Fsp3) is 0.375. The first kappa shape index (κ1) is 13.1. The second-order valence-corrected chi connectivity index (χ2v) is 5.35. The van der Waals surface area contributed by atoms with Crippen LogP contribution >= 0.6 is 0 Å². The Hall–Kier alpha value is -1.94. The lowest BCUT2D eigenvalue weighted by Gasteiger charge is -2.26. The monoisotopic (exact) mass is 270 g/mol. The Morgan fingerprint density at radius 2 is 1.95 bits per heavy atom. The lowest BCUT2D eigenvalue weighted by Crippen LogP contribution is -2.38. The molecule has 0 atom stereocenters. The number of aromatic nitrogens is 1. The molecule has 1 aliphatic carbocycles. The summed E-state index contributed by atoms with van der Waals surface area (Å²) in [4.78, 5) is 16.7. The van der Waals surface area contributed by atoms with E-state index in [0.29, 0.717) is 5.56 Å². The number of hydrogen-bond acceptors (Lipinski definition) is 3. The fourth-order valence-corrected chi connectivity index (χ4v) is 2.78. The third kappa shape index (κ3) is 2.65. The van der Waals surface area contributed by atoms with E-state index in [9.17, 15) is 9.90 Å². The molecule has 20 heavy (non-hydrogen) atoms. The van der Waals surface area contributed by atoms with Crippen molar-refractivity contribution in [2.75, 3.05) is 0 Å². The molecule has 2 aromatic rings. The average molecular weight is 270 g/mol. The maximum Gasteiger partial charge on any atom is 0.252 e. The molecule has 2 N–H and O–H groups in total. The third-order valence-corrected chi connectivity index (χ3v) is 3.92. The number of fused-ring (bicyclic) bond motifs is 1. The summed E-state index contributed by atoms with van der Waals surface area (Å²) in [6, 6.07) is 9.52. The number of pyridine rings is 1. The second kappa shape index (κ2) is 5.59. The molecule has 0 unspecified atom stereocenters. The number of rotatable bonds is 2. The Balaban J connectivity index is 1.79. The molecular formula is C16H18N2O2. The van der Waals surface area contributed by atoms with E-state index in [2.05, 4.69) is 10.3 Å². The molecular weight excluding hydrogens is 252 g/mol. The van der Waals surface area contributed by atoms with Crippen LogP contribution in [0.3, 0.4) is 0 Å². The van der Waals surface area contributed by atoms with E-state index in [0.717, 1.165) is 36.6 Å². The number of nitrogens with zero attached hydrogens (tertiary/aromatic N) is 1. The summed E-state index contributed by atoms with van der Waals surface area (Å²) in [6.45, 7) is 0. The molecule has 1 aromatic heterocycles. The number of carbonyl (C=O) groups excluding carboxylic acids is 1. The molecule has 0 bridgehead atoms. The zero-order chi connectivity index (χ0) is 13.9.